The van der Waals surface area contributed by atoms with Crippen LogP contribution in [0.1, 0.15) is 5.56 Å². The number of isocyanates is 1. The van der Waals surface area contributed by atoms with Crippen LogP contribution in [0.15, 0.2) is 4.99 Å². The first-order valence-electron chi connectivity index (χ1n) is 3.38. The van der Waals surface area contributed by atoms with Gasteiger partial charge in [-0.05, 0) is 0 Å². The summed E-state index contributed by atoms with van der Waals surface area (Å²) in [5.41, 5.74) is -2.85. The minimum Gasteiger partial charge on any atom is -0.211 e. The van der Waals surface area contributed by atoms with Crippen molar-refractivity contribution < 1.29 is 22.4 Å². The summed E-state index contributed by atoms with van der Waals surface area (Å²) in [6, 6.07) is 0.944. The molecule has 0 heterocycles. The number of aliphatic imine (C=N–C) groups is 1. The van der Waals surface area contributed by atoms with Crippen LogP contribution in [-0.4, -0.2) is 6.08 Å². The zero-order chi connectivity index (χ0) is 11.6. The predicted molar refractivity (Wildman–Crippen MR) is 38.8 cm³/mol. The molecule has 0 aliphatic heterocycles. The summed E-state index contributed by atoms with van der Waals surface area (Å²) >= 11 is 0. The number of benzene rings is 1. The topological polar surface area (TPSA) is 53.2 Å². The third-order valence-electron chi connectivity index (χ3n) is 1.51. The molecule has 0 atom stereocenters. The van der Waals surface area contributed by atoms with Crippen LogP contribution in [0.3, 0.4) is 0 Å². The second-order valence-electron chi connectivity index (χ2n) is 2.29. The Morgan fingerprint density at radius 3 is 1.80 bits per heavy atom. The first-order valence-corrected chi connectivity index (χ1v) is 3.38. The Kier molecular flexibility index (Phi) is 2.83. The van der Waals surface area contributed by atoms with Crippen molar-refractivity contribution in [3.8, 4) is 6.07 Å². The van der Waals surface area contributed by atoms with Crippen LogP contribution in [0.2, 0.25) is 0 Å². The van der Waals surface area contributed by atoms with Crippen molar-refractivity contribution in [2.75, 3.05) is 0 Å². The quantitative estimate of drug-likeness (QED) is 0.312. The Morgan fingerprint density at radius 1 is 1.00 bits per heavy atom. The summed E-state index contributed by atoms with van der Waals surface area (Å²) in [6.07, 6.45) is 0.736. The molecule has 15 heavy (non-hydrogen) atoms. The molecule has 0 aliphatic carbocycles. The van der Waals surface area contributed by atoms with Crippen LogP contribution in [0, 0.1) is 34.6 Å². The molecular formula is C8F4N2O. The molecular weight excluding hydrogens is 216 g/mol. The highest BCUT2D eigenvalue weighted by atomic mass is 19.2. The van der Waals surface area contributed by atoms with Gasteiger partial charge >= 0.3 is 0 Å². The van der Waals surface area contributed by atoms with Gasteiger partial charge in [0, 0.05) is 0 Å². The molecule has 0 spiro atoms. The van der Waals surface area contributed by atoms with Crippen LogP contribution >= 0.6 is 0 Å². The number of carbonyl (C=O) groups excluding carboxylic acids is 1. The second-order valence-corrected chi connectivity index (χ2v) is 2.29. The van der Waals surface area contributed by atoms with E-state index in [9.17, 15) is 22.4 Å². The number of rotatable bonds is 1. The average molecular weight is 216 g/mol. The lowest BCUT2D eigenvalue weighted by Gasteiger charge is -2.02. The standard InChI is InChI=1S/C8F4N2O/c9-4-3(1-13)5(10)7(12)8(6(4)11)14-2-15. The van der Waals surface area contributed by atoms with E-state index in [2.05, 4.69) is 4.99 Å². The number of halogens is 4. The fraction of sp³-hybridized carbons (Fsp3) is 0. The summed E-state index contributed by atoms with van der Waals surface area (Å²) in [6.45, 7) is 0. The number of hydrogen-bond acceptors (Lipinski definition) is 3. The highest BCUT2D eigenvalue weighted by molar-refractivity contribution is 5.53. The summed E-state index contributed by atoms with van der Waals surface area (Å²) in [4.78, 5) is 12.2. The normalized spacial score (nSPS) is 9.27. The van der Waals surface area contributed by atoms with Crippen LogP contribution in [-0.2, 0) is 4.79 Å². The van der Waals surface area contributed by atoms with E-state index in [0.717, 1.165) is 12.1 Å². The Hall–Kier alpha value is -2.19. The van der Waals surface area contributed by atoms with E-state index in [1.807, 2.05) is 0 Å². The monoisotopic (exact) mass is 216 g/mol. The van der Waals surface area contributed by atoms with Gasteiger partial charge in [-0.3, -0.25) is 0 Å². The van der Waals surface area contributed by atoms with Crippen LogP contribution in [0.25, 0.3) is 0 Å². The second kappa shape index (κ2) is 3.90. The van der Waals surface area contributed by atoms with Gasteiger partial charge < -0.3 is 0 Å². The maximum Gasteiger partial charge on any atom is 0.240 e. The van der Waals surface area contributed by atoms with Crippen molar-refractivity contribution >= 4 is 11.8 Å². The van der Waals surface area contributed by atoms with Crippen molar-refractivity contribution in [3.05, 3.63) is 28.8 Å². The molecule has 7 heteroatoms. The summed E-state index contributed by atoms with van der Waals surface area (Å²) < 4.78 is 51.4. The van der Waals surface area contributed by atoms with Gasteiger partial charge in [-0.25, -0.2) is 22.4 Å². The number of hydrogen-bond donors (Lipinski definition) is 0. The molecule has 3 nitrogen and oxygen atoms in total. The van der Waals surface area contributed by atoms with Crippen molar-refractivity contribution in [2.24, 2.45) is 4.99 Å². The molecule has 0 saturated carbocycles. The number of nitrogens with zero attached hydrogens (tertiary/aromatic N) is 2. The van der Waals surface area contributed by atoms with Crippen molar-refractivity contribution in [1.82, 2.24) is 0 Å². The van der Waals surface area contributed by atoms with Crippen LogP contribution in [0.5, 0.6) is 0 Å². The van der Waals surface area contributed by atoms with E-state index in [4.69, 9.17) is 5.26 Å². The van der Waals surface area contributed by atoms with E-state index in [1.54, 1.807) is 0 Å². The Morgan fingerprint density at radius 2 is 1.47 bits per heavy atom. The fourth-order valence-electron chi connectivity index (χ4n) is 0.862. The lowest BCUT2D eigenvalue weighted by atomic mass is 10.1. The zero-order valence-electron chi connectivity index (χ0n) is 6.81. The molecule has 1 aromatic rings. The smallest absolute Gasteiger partial charge is 0.211 e. The molecule has 0 unspecified atom stereocenters. The predicted octanol–water partition coefficient (Wildman–Crippen LogP) is 2.08. The Balaban J connectivity index is 3.75. The Bertz CT molecular complexity index is 485. The molecule has 0 amide bonds. The molecule has 0 radical (unpaired) electrons. The average Bonchev–Trinajstić information content (AvgIpc) is 2.23. The molecule has 0 N–H and O–H groups in total. The van der Waals surface area contributed by atoms with Gasteiger partial charge in [0.15, 0.2) is 29.0 Å². The first kappa shape index (κ1) is 10.9. The van der Waals surface area contributed by atoms with Crippen molar-refractivity contribution in [2.45, 2.75) is 0 Å². The van der Waals surface area contributed by atoms with E-state index >= 15 is 0 Å². The molecule has 1 aromatic carbocycles. The van der Waals surface area contributed by atoms with Gasteiger partial charge in [-0.1, -0.05) is 0 Å². The van der Waals surface area contributed by atoms with Gasteiger partial charge in [0.25, 0.3) is 0 Å². The fourth-order valence-corrected chi connectivity index (χ4v) is 0.862. The SMILES string of the molecule is N#Cc1c(F)c(F)c(N=C=O)c(F)c1F. The molecule has 0 bridgehead atoms. The van der Waals surface area contributed by atoms with Crippen LogP contribution < -0.4 is 0 Å². The first-order chi connectivity index (χ1) is 7.04. The lowest BCUT2D eigenvalue weighted by molar-refractivity contribution is 0.453. The number of nitriles is 1. The van der Waals surface area contributed by atoms with E-state index < -0.39 is 34.5 Å². The minimum absolute atomic E-state index is 0.736. The van der Waals surface area contributed by atoms with Crippen molar-refractivity contribution in [3.63, 3.8) is 0 Å². The summed E-state index contributed by atoms with van der Waals surface area (Å²) in [5.74, 6) is -7.61. The van der Waals surface area contributed by atoms with Gasteiger partial charge in [-0.15, -0.1) is 0 Å². The molecule has 0 aromatic heterocycles. The molecule has 76 valence electrons. The summed E-state index contributed by atoms with van der Waals surface area (Å²) in [5, 5.41) is 8.20. The van der Waals surface area contributed by atoms with Gasteiger partial charge in [-0.2, -0.15) is 10.3 Å². The molecule has 0 fully saturated rings. The van der Waals surface area contributed by atoms with Gasteiger partial charge in [0.1, 0.15) is 11.6 Å². The van der Waals surface area contributed by atoms with Crippen molar-refractivity contribution in [1.29, 1.82) is 5.26 Å². The van der Waals surface area contributed by atoms with Gasteiger partial charge in [0.2, 0.25) is 6.08 Å². The third kappa shape index (κ3) is 1.58. The zero-order valence-corrected chi connectivity index (χ0v) is 6.81. The maximum absolute atomic E-state index is 12.9. The largest absolute Gasteiger partial charge is 0.240 e. The van der Waals surface area contributed by atoms with E-state index in [0.29, 0.717) is 0 Å². The summed E-state index contributed by atoms with van der Waals surface area (Å²) in [7, 11) is 0. The molecule has 1 rings (SSSR count). The molecule has 0 aliphatic rings. The Labute approximate surface area is 80.3 Å². The highest BCUT2D eigenvalue weighted by Gasteiger charge is 2.25. The van der Waals surface area contributed by atoms with Gasteiger partial charge in [0.05, 0.1) is 0 Å². The maximum atomic E-state index is 12.9. The third-order valence-corrected chi connectivity index (χ3v) is 1.51. The minimum atomic E-state index is -1.91. The van der Waals surface area contributed by atoms with E-state index in [-0.39, 0.29) is 0 Å². The van der Waals surface area contributed by atoms with Crippen LogP contribution in [0.4, 0.5) is 23.2 Å². The highest BCUT2D eigenvalue weighted by Crippen LogP contribution is 2.29. The molecule has 0 saturated heterocycles. The van der Waals surface area contributed by atoms with E-state index in [1.165, 1.54) is 0 Å². The lowest BCUT2D eigenvalue weighted by Crippen LogP contribution is -2.00.